The Morgan fingerprint density at radius 1 is 1.19 bits per heavy atom. The topological polar surface area (TPSA) is 46.6 Å². The highest BCUT2D eigenvalue weighted by atomic mass is 19.4. The zero-order valence-corrected chi connectivity index (χ0v) is 10.8. The molecule has 1 aromatic rings. The van der Waals surface area contributed by atoms with Crippen molar-refractivity contribution in [2.24, 2.45) is 11.8 Å². The smallest absolute Gasteiger partial charge is 0.351 e. The second-order valence-electron chi connectivity index (χ2n) is 5.60. The fraction of sp³-hybridized carbons (Fsp3) is 0.429. The average molecular weight is 297 g/mol. The Hall–Kier alpha value is -1.89. The van der Waals surface area contributed by atoms with E-state index in [-0.39, 0.29) is 5.56 Å². The number of amides is 2. The second-order valence-corrected chi connectivity index (χ2v) is 5.60. The van der Waals surface area contributed by atoms with Crippen molar-refractivity contribution in [1.29, 1.82) is 0 Å². The van der Waals surface area contributed by atoms with Gasteiger partial charge >= 0.3 is 6.18 Å². The van der Waals surface area contributed by atoms with Crippen molar-refractivity contribution in [2.45, 2.75) is 17.9 Å². The van der Waals surface area contributed by atoms with Crippen molar-refractivity contribution < 1.29 is 27.5 Å². The maximum absolute atomic E-state index is 13.8. The molecule has 0 aliphatic carbocycles. The highest BCUT2D eigenvalue weighted by Gasteiger charge is 2.79. The van der Waals surface area contributed by atoms with E-state index in [1.54, 1.807) is 6.07 Å². The summed E-state index contributed by atoms with van der Waals surface area (Å²) in [6.07, 6.45) is -5.77. The van der Waals surface area contributed by atoms with Crippen LogP contribution in [0.4, 0.5) is 13.2 Å². The van der Waals surface area contributed by atoms with Crippen molar-refractivity contribution in [3.05, 3.63) is 35.4 Å². The van der Waals surface area contributed by atoms with Crippen LogP contribution in [0.25, 0.3) is 0 Å². The highest BCUT2D eigenvalue weighted by Crippen LogP contribution is 2.68. The molecule has 0 spiro atoms. The lowest BCUT2D eigenvalue weighted by Gasteiger charge is -2.34. The molecule has 0 radical (unpaired) electrons. The molecule has 0 saturated carbocycles. The Morgan fingerprint density at radius 3 is 2.52 bits per heavy atom. The number of fused-ring (bicyclic) bond motifs is 8. The zero-order chi connectivity index (χ0) is 15.2. The molecular formula is C14H10F3NO3. The number of benzene rings is 1. The minimum Gasteiger partial charge on any atom is -0.351 e. The number of halogens is 3. The maximum Gasteiger partial charge on any atom is 0.422 e. The molecule has 21 heavy (non-hydrogen) atoms. The number of carbonyl (C=O) groups excluding carboxylic acids is 2. The van der Waals surface area contributed by atoms with Gasteiger partial charge in [-0.2, -0.15) is 13.2 Å². The van der Waals surface area contributed by atoms with Gasteiger partial charge in [0.1, 0.15) is 0 Å². The van der Waals surface area contributed by atoms with Crippen LogP contribution in [0.5, 0.6) is 0 Å². The van der Waals surface area contributed by atoms with Gasteiger partial charge in [0.05, 0.1) is 17.9 Å². The van der Waals surface area contributed by atoms with Gasteiger partial charge in [0, 0.05) is 7.05 Å². The standard InChI is InChI=1S/C14H10F3NO3/c1-18-11(19)8-9(12(18)20)13(14(15,16)17)7-5-3-2-4-6(7)10(8)21-13/h2-5,8-10H,1H3. The molecule has 3 aliphatic rings. The predicted octanol–water partition coefficient (Wildman–Crippen LogP) is 1.76. The van der Waals surface area contributed by atoms with E-state index in [4.69, 9.17) is 4.74 Å². The van der Waals surface area contributed by atoms with Gasteiger partial charge in [-0.15, -0.1) is 0 Å². The number of carbonyl (C=O) groups is 2. The summed E-state index contributed by atoms with van der Waals surface area (Å²) in [6, 6.07) is 5.94. The summed E-state index contributed by atoms with van der Waals surface area (Å²) in [5.74, 6) is -4.02. The molecule has 2 bridgehead atoms. The monoisotopic (exact) mass is 297 g/mol. The second kappa shape index (κ2) is 3.47. The lowest BCUT2D eigenvalue weighted by molar-refractivity contribution is -0.281. The fourth-order valence-electron chi connectivity index (χ4n) is 3.88. The molecule has 7 heteroatoms. The van der Waals surface area contributed by atoms with Gasteiger partial charge in [0.2, 0.25) is 17.4 Å². The summed E-state index contributed by atoms with van der Waals surface area (Å²) in [6.45, 7) is 0. The van der Waals surface area contributed by atoms with E-state index in [9.17, 15) is 22.8 Å². The van der Waals surface area contributed by atoms with Crippen LogP contribution < -0.4 is 0 Å². The van der Waals surface area contributed by atoms with Gasteiger partial charge in [-0.25, -0.2) is 0 Å². The Balaban J connectivity index is 2.03. The molecule has 2 fully saturated rings. The van der Waals surface area contributed by atoms with Gasteiger partial charge in [0.15, 0.2) is 0 Å². The van der Waals surface area contributed by atoms with E-state index in [0.29, 0.717) is 5.56 Å². The number of ether oxygens (including phenoxy) is 1. The number of imide groups is 1. The van der Waals surface area contributed by atoms with E-state index in [0.717, 1.165) is 4.90 Å². The largest absolute Gasteiger partial charge is 0.422 e. The molecule has 110 valence electrons. The van der Waals surface area contributed by atoms with Crippen LogP contribution in [0.3, 0.4) is 0 Å². The van der Waals surface area contributed by atoms with Gasteiger partial charge in [0.25, 0.3) is 0 Å². The lowest BCUT2D eigenvalue weighted by Crippen LogP contribution is -2.50. The first-order chi connectivity index (χ1) is 9.80. The summed E-state index contributed by atoms with van der Waals surface area (Å²) < 4.78 is 46.6. The zero-order valence-electron chi connectivity index (χ0n) is 10.8. The van der Waals surface area contributed by atoms with E-state index in [1.807, 2.05) is 0 Å². The Labute approximate surface area is 117 Å². The molecule has 4 rings (SSSR count). The summed E-state index contributed by atoms with van der Waals surface area (Å²) in [7, 11) is 1.22. The molecule has 4 atom stereocenters. The first-order valence-electron chi connectivity index (χ1n) is 6.46. The molecule has 4 unspecified atom stereocenters. The van der Waals surface area contributed by atoms with E-state index in [2.05, 4.69) is 0 Å². The maximum atomic E-state index is 13.8. The minimum atomic E-state index is -4.77. The quantitative estimate of drug-likeness (QED) is 0.686. The van der Waals surface area contributed by atoms with Crippen molar-refractivity contribution in [3.63, 3.8) is 0 Å². The minimum absolute atomic E-state index is 0.0415. The molecule has 0 N–H and O–H groups in total. The first-order valence-corrected chi connectivity index (χ1v) is 6.46. The van der Waals surface area contributed by atoms with Crippen LogP contribution in [0.2, 0.25) is 0 Å². The van der Waals surface area contributed by atoms with Crippen molar-refractivity contribution in [2.75, 3.05) is 7.05 Å². The van der Waals surface area contributed by atoms with Crippen LogP contribution in [0, 0.1) is 11.8 Å². The molecule has 3 aliphatic heterocycles. The number of likely N-dealkylation sites (tertiary alicyclic amines) is 1. The normalized spacial score (nSPS) is 37.1. The van der Waals surface area contributed by atoms with E-state index in [1.165, 1.54) is 25.2 Å². The number of hydrogen-bond donors (Lipinski definition) is 0. The SMILES string of the molecule is CN1C(=O)C2C3OC(C(F)(F)F)(c4ccccc43)C2C1=O. The Bertz CT molecular complexity index is 686. The van der Waals surface area contributed by atoms with Crippen LogP contribution >= 0.6 is 0 Å². The van der Waals surface area contributed by atoms with Crippen LogP contribution in [0.1, 0.15) is 17.2 Å². The number of nitrogens with zero attached hydrogens (tertiary/aromatic N) is 1. The lowest BCUT2D eigenvalue weighted by atomic mass is 9.69. The summed E-state index contributed by atoms with van der Waals surface area (Å²) in [5, 5.41) is 0. The van der Waals surface area contributed by atoms with Crippen LogP contribution in [-0.4, -0.2) is 29.9 Å². The van der Waals surface area contributed by atoms with Crippen molar-refractivity contribution in [3.8, 4) is 0 Å². The molecule has 4 nitrogen and oxygen atoms in total. The van der Waals surface area contributed by atoms with Gasteiger partial charge in [-0.05, 0) is 11.1 Å². The van der Waals surface area contributed by atoms with Gasteiger partial charge in [-0.3, -0.25) is 14.5 Å². The number of rotatable bonds is 0. The number of hydrogen-bond acceptors (Lipinski definition) is 3. The van der Waals surface area contributed by atoms with Gasteiger partial charge in [-0.1, -0.05) is 24.3 Å². The summed E-state index contributed by atoms with van der Waals surface area (Å²) in [4.78, 5) is 25.1. The van der Waals surface area contributed by atoms with Crippen LogP contribution in [-0.2, 0) is 19.9 Å². The highest BCUT2D eigenvalue weighted by molar-refractivity contribution is 6.07. The fourth-order valence-corrected chi connectivity index (χ4v) is 3.88. The predicted molar refractivity (Wildman–Crippen MR) is 62.8 cm³/mol. The third kappa shape index (κ3) is 1.18. The Kier molecular flexibility index (Phi) is 2.12. The van der Waals surface area contributed by atoms with Crippen LogP contribution in [0.15, 0.2) is 24.3 Å². The van der Waals surface area contributed by atoms with E-state index >= 15 is 0 Å². The molecule has 0 aromatic heterocycles. The van der Waals surface area contributed by atoms with Crippen molar-refractivity contribution in [1.82, 2.24) is 4.90 Å². The van der Waals surface area contributed by atoms with Crippen molar-refractivity contribution >= 4 is 11.8 Å². The number of alkyl halides is 3. The third-order valence-electron chi connectivity index (χ3n) is 4.74. The molecular weight excluding hydrogens is 287 g/mol. The molecule has 2 amide bonds. The molecule has 2 saturated heterocycles. The summed E-state index contributed by atoms with van der Waals surface area (Å²) in [5.41, 5.74) is -2.39. The van der Waals surface area contributed by atoms with E-state index < -0.39 is 41.5 Å². The molecule has 3 heterocycles. The average Bonchev–Trinajstić information content (AvgIpc) is 3.03. The summed E-state index contributed by atoms with van der Waals surface area (Å²) >= 11 is 0. The molecule has 1 aromatic carbocycles. The third-order valence-corrected chi connectivity index (χ3v) is 4.74. The Morgan fingerprint density at radius 2 is 1.86 bits per heavy atom. The first kappa shape index (κ1) is 12.8. The van der Waals surface area contributed by atoms with Gasteiger partial charge < -0.3 is 4.74 Å².